The van der Waals surface area contributed by atoms with Gasteiger partial charge in [-0.2, -0.15) is 4.98 Å². The van der Waals surface area contributed by atoms with E-state index in [1.54, 1.807) is 17.3 Å². The van der Waals surface area contributed by atoms with Gasteiger partial charge in [0.2, 0.25) is 11.0 Å². The van der Waals surface area contributed by atoms with Crippen LogP contribution in [0.15, 0.2) is 52.7 Å². The number of hydrogen-bond donors (Lipinski definition) is 1. The van der Waals surface area contributed by atoms with Crippen LogP contribution in [0.1, 0.15) is 66.2 Å². The number of benzene rings is 1. The number of nitrogens with zero attached hydrogens (tertiary/aromatic N) is 3. The predicted molar refractivity (Wildman–Crippen MR) is 138 cm³/mol. The Balaban J connectivity index is 1.56. The molecule has 5 nitrogen and oxygen atoms in total. The monoisotopic (exact) mass is 464 g/mol. The normalized spacial score (nSPS) is 21.6. The molecule has 2 heterocycles. The number of fused-ring (bicyclic) bond motifs is 3. The lowest BCUT2D eigenvalue weighted by Crippen LogP contribution is -2.39. The van der Waals surface area contributed by atoms with Gasteiger partial charge < -0.3 is 10.1 Å². The molecule has 0 amide bonds. The van der Waals surface area contributed by atoms with E-state index in [0.29, 0.717) is 22.9 Å². The fourth-order valence-corrected chi connectivity index (χ4v) is 5.45. The van der Waals surface area contributed by atoms with Crippen molar-refractivity contribution in [2.45, 2.75) is 77.6 Å². The van der Waals surface area contributed by atoms with Crippen LogP contribution >= 0.6 is 11.8 Å². The zero-order valence-corrected chi connectivity index (χ0v) is 21.1. The molecular formula is C27H36N4OS. The van der Waals surface area contributed by atoms with Crippen molar-refractivity contribution in [3.63, 3.8) is 0 Å². The fraction of sp³-hybridized carbons (Fsp3) is 0.519. The van der Waals surface area contributed by atoms with Crippen LogP contribution in [-0.4, -0.2) is 27.2 Å². The Labute approximate surface area is 202 Å². The van der Waals surface area contributed by atoms with E-state index in [9.17, 15) is 0 Å². The molecule has 1 aliphatic heterocycles. The van der Waals surface area contributed by atoms with Gasteiger partial charge in [-0.1, -0.05) is 73.5 Å². The summed E-state index contributed by atoms with van der Waals surface area (Å²) < 4.78 is 6.57. The highest BCUT2D eigenvalue weighted by atomic mass is 32.2. The Morgan fingerprint density at radius 2 is 2.09 bits per heavy atom. The third kappa shape index (κ3) is 5.97. The summed E-state index contributed by atoms with van der Waals surface area (Å²) in [7, 11) is 0. The molecule has 4 rings (SSSR count). The minimum atomic E-state index is -0.150. The van der Waals surface area contributed by atoms with Crippen molar-refractivity contribution < 1.29 is 4.74 Å². The predicted octanol–water partition coefficient (Wildman–Crippen LogP) is 7.28. The van der Waals surface area contributed by atoms with Gasteiger partial charge in [0, 0.05) is 22.9 Å². The molecule has 0 spiro atoms. The molecule has 33 heavy (non-hydrogen) atoms. The molecule has 0 fully saturated rings. The molecule has 2 aliphatic rings. The third-order valence-corrected chi connectivity index (χ3v) is 7.41. The smallest absolute Gasteiger partial charge is 0.247 e. The van der Waals surface area contributed by atoms with Gasteiger partial charge in [0.25, 0.3) is 0 Å². The van der Waals surface area contributed by atoms with Gasteiger partial charge in [0.15, 0.2) is 11.9 Å². The Kier molecular flexibility index (Phi) is 8.07. The van der Waals surface area contributed by atoms with Gasteiger partial charge in [-0.3, -0.25) is 0 Å². The number of allylic oxidation sites excluding steroid dienone is 4. The van der Waals surface area contributed by atoms with Gasteiger partial charge in [0.1, 0.15) is 0 Å². The molecule has 2 aromatic rings. The first-order valence-electron chi connectivity index (χ1n) is 12.3. The first-order valence-corrected chi connectivity index (χ1v) is 13.2. The van der Waals surface area contributed by atoms with E-state index in [1.807, 2.05) is 6.07 Å². The largest absolute Gasteiger partial charge is 0.452 e. The molecule has 1 aromatic carbocycles. The number of ether oxygens (including phenoxy) is 1. The molecular weight excluding hydrogens is 428 g/mol. The molecule has 0 bridgehead atoms. The van der Waals surface area contributed by atoms with E-state index in [0.717, 1.165) is 61.2 Å². The lowest BCUT2D eigenvalue weighted by atomic mass is 9.78. The molecule has 1 N–H and O–H groups in total. The fourth-order valence-electron chi connectivity index (χ4n) is 4.59. The topological polar surface area (TPSA) is 59.9 Å². The number of aromatic nitrogens is 3. The van der Waals surface area contributed by atoms with Crippen LogP contribution in [0.5, 0.6) is 5.88 Å². The van der Waals surface area contributed by atoms with Crippen LogP contribution in [-0.2, 0) is 0 Å². The van der Waals surface area contributed by atoms with Crippen molar-refractivity contribution in [2.24, 2.45) is 11.8 Å². The highest BCUT2D eigenvalue weighted by Gasteiger charge is 2.34. The van der Waals surface area contributed by atoms with E-state index < -0.39 is 0 Å². The maximum atomic E-state index is 6.57. The van der Waals surface area contributed by atoms with E-state index in [1.165, 1.54) is 5.57 Å². The average molecular weight is 465 g/mol. The van der Waals surface area contributed by atoms with Crippen LogP contribution < -0.4 is 10.1 Å². The number of rotatable bonds is 8. The van der Waals surface area contributed by atoms with Crippen LogP contribution in [0.25, 0.3) is 11.3 Å². The van der Waals surface area contributed by atoms with Gasteiger partial charge in [0.05, 0.1) is 0 Å². The Morgan fingerprint density at radius 3 is 2.88 bits per heavy atom. The first-order chi connectivity index (χ1) is 16.0. The highest BCUT2D eigenvalue weighted by Crippen LogP contribution is 2.41. The molecule has 1 aliphatic carbocycles. The second-order valence-corrected chi connectivity index (χ2v) is 10.5. The Morgan fingerprint density at radius 1 is 1.24 bits per heavy atom. The van der Waals surface area contributed by atoms with Gasteiger partial charge in [-0.25, -0.2) is 0 Å². The summed E-state index contributed by atoms with van der Waals surface area (Å²) in [6.45, 7) is 8.89. The van der Waals surface area contributed by atoms with Gasteiger partial charge in [-0.05, 0) is 57.9 Å². The molecule has 3 atom stereocenters. The molecule has 3 unspecified atom stereocenters. The molecule has 0 radical (unpaired) electrons. The Bertz CT molecular complexity index is 1010. The lowest BCUT2D eigenvalue weighted by molar-refractivity contribution is 0.114. The summed E-state index contributed by atoms with van der Waals surface area (Å²) in [5.41, 5.74) is 5.73. The molecule has 176 valence electrons. The number of unbranched alkanes of at least 4 members (excludes halogenated alkanes) is 1. The van der Waals surface area contributed by atoms with Crippen molar-refractivity contribution in [3.05, 3.63) is 47.6 Å². The van der Waals surface area contributed by atoms with E-state index in [2.05, 4.69) is 73.6 Å². The average Bonchev–Trinajstić information content (AvgIpc) is 2.95. The summed E-state index contributed by atoms with van der Waals surface area (Å²) in [5, 5.41) is 13.3. The van der Waals surface area contributed by atoms with Crippen LogP contribution in [0, 0.1) is 11.8 Å². The third-order valence-electron chi connectivity index (χ3n) is 6.48. The summed E-state index contributed by atoms with van der Waals surface area (Å²) in [4.78, 5) is 4.79. The maximum Gasteiger partial charge on any atom is 0.247 e. The molecule has 6 heteroatoms. The van der Waals surface area contributed by atoms with Crippen LogP contribution in [0.3, 0.4) is 0 Å². The number of thioether (sulfide) groups is 1. The summed E-state index contributed by atoms with van der Waals surface area (Å²) in [6, 6.07) is 8.25. The van der Waals surface area contributed by atoms with Crippen molar-refractivity contribution in [3.8, 4) is 17.1 Å². The van der Waals surface area contributed by atoms with E-state index >= 15 is 0 Å². The minimum Gasteiger partial charge on any atom is -0.452 e. The molecule has 0 saturated heterocycles. The summed E-state index contributed by atoms with van der Waals surface area (Å²) in [6.07, 6.45) is 11.3. The number of para-hydroxylation sites is 1. The van der Waals surface area contributed by atoms with Gasteiger partial charge in [-0.15, -0.1) is 10.2 Å². The SMILES string of the molecule is CCCCSc1nnc2c(n1)OC(C1CC=C(CCC=C(C)C)CC1C)Nc1ccccc1-2. The second kappa shape index (κ2) is 11.2. The molecule has 1 aromatic heterocycles. The maximum absolute atomic E-state index is 6.57. The quantitative estimate of drug-likeness (QED) is 0.252. The minimum absolute atomic E-state index is 0.150. The standard InChI is InChI=1S/C27H36N4OS/c1-5-6-16-33-27-29-26-24(30-31-27)22-12-7-8-13-23(22)28-25(32-26)21-15-14-20(17-19(21)4)11-9-10-18(2)3/h7-8,10,12-14,19,21,25,28H,5-6,9,11,15-17H2,1-4H3. The van der Waals surface area contributed by atoms with Crippen molar-refractivity contribution in [1.29, 1.82) is 0 Å². The number of anilines is 1. The van der Waals surface area contributed by atoms with Gasteiger partial charge >= 0.3 is 0 Å². The van der Waals surface area contributed by atoms with Crippen LogP contribution in [0.4, 0.5) is 5.69 Å². The van der Waals surface area contributed by atoms with E-state index in [4.69, 9.17) is 9.72 Å². The van der Waals surface area contributed by atoms with Crippen molar-refractivity contribution in [2.75, 3.05) is 11.1 Å². The number of nitrogens with one attached hydrogen (secondary N) is 1. The molecule has 0 saturated carbocycles. The zero-order chi connectivity index (χ0) is 23.2. The van der Waals surface area contributed by atoms with E-state index in [-0.39, 0.29) is 6.23 Å². The zero-order valence-electron chi connectivity index (χ0n) is 20.3. The second-order valence-electron chi connectivity index (χ2n) is 9.44. The first kappa shape index (κ1) is 23.8. The van der Waals surface area contributed by atoms with Crippen molar-refractivity contribution >= 4 is 17.4 Å². The summed E-state index contributed by atoms with van der Waals surface area (Å²) >= 11 is 1.65. The number of hydrogen-bond acceptors (Lipinski definition) is 6. The van der Waals surface area contributed by atoms with Crippen molar-refractivity contribution in [1.82, 2.24) is 15.2 Å². The summed E-state index contributed by atoms with van der Waals surface area (Å²) in [5.74, 6) is 2.48. The lowest BCUT2D eigenvalue weighted by Gasteiger charge is -2.35. The highest BCUT2D eigenvalue weighted by molar-refractivity contribution is 7.99. The van der Waals surface area contributed by atoms with Crippen LogP contribution in [0.2, 0.25) is 0 Å². The Hall–Kier alpha value is -2.34.